The van der Waals surface area contributed by atoms with E-state index in [1.807, 2.05) is 13.1 Å². The molecule has 1 aromatic heterocycles. The number of aryl methyl sites for hydroxylation is 2. The molecule has 0 saturated heterocycles. The molecule has 4 aromatic rings. The second-order valence-electron chi connectivity index (χ2n) is 8.33. The van der Waals surface area contributed by atoms with Gasteiger partial charge in [0, 0.05) is 30.1 Å². The maximum absolute atomic E-state index is 13.3. The molecule has 0 bridgehead atoms. The molecule has 176 valence electrons. The van der Waals surface area contributed by atoms with Crippen LogP contribution in [0.2, 0.25) is 0 Å². The van der Waals surface area contributed by atoms with Gasteiger partial charge in [-0.2, -0.15) is 5.10 Å². The van der Waals surface area contributed by atoms with Crippen LogP contribution in [-0.4, -0.2) is 36.5 Å². The number of sulfonamides is 1. The van der Waals surface area contributed by atoms with Gasteiger partial charge in [-0.1, -0.05) is 44.2 Å². The maximum Gasteiger partial charge on any atom is 0.253 e. The molecule has 0 saturated carbocycles. The minimum absolute atomic E-state index is 0.00873. The molecular weight excluding hydrogens is 448 g/mol. The topological polar surface area (TPSA) is 109 Å². The van der Waals surface area contributed by atoms with Crippen molar-refractivity contribution in [3.63, 3.8) is 0 Å². The lowest BCUT2D eigenvalue weighted by atomic mass is 9.97. The van der Waals surface area contributed by atoms with E-state index in [1.54, 1.807) is 29.2 Å². The van der Waals surface area contributed by atoms with Crippen molar-refractivity contribution < 1.29 is 13.2 Å². The number of carbonyl (C=O) groups excluding carboxylic acids is 1. The number of fused-ring (bicyclic) bond motifs is 1. The lowest BCUT2D eigenvalue weighted by Gasteiger charge is -2.21. The number of carbonyl (C=O) groups is 1. The summed E-state index contributed by atoms with van der Waals surface area (Å²) < 4.78 is 23.6. The number of hydrogen-bond donors (Lipinski definition) is 2. The molecule has 0 unspecified atom stereocenters. The van der Waals surface area contributed by atoms with Gasteiger partial charge in [0.2, 0.25) is 10.0 Å². The monoisotopic (exact) mass is 476 g/mol. The quantitative estimate of drug-likeness (QED) is 0.415. The third-order valence-corrected chi connectivity index (χ3v) is 7.03. The zero-order valence-electron chi connectivity index (χ0n) is 19.5. The van der Waals surface area contributed by atoms with Crippen LogP contribution in [0.1, 0.15) is 40.9 Å². The predicted molar refractivity (Wildman–Crippen MR) is 134 cm³/mol. The van der Waals surface area contributed by atoms with Crippen LogP contribution in [0.15, 0.2) is 65.6 Å². The number of nitrogens with zero attached hydrogens (tertiary/aromatic N) is 2. The maximum atomic E-state index is 13.3. The molecule has 0 atom stereocenters. The van der Waals surface area contributed by atoms with Crippen LogP contribution < -0.4 is 5.14 Å². The molecule has 0 spiro atoms. The molecule has 0 fully saturated rings. The van der Waals surface area contributed by atoms with Crippen molar-refractivity contribution in [1.29, 1.82) is 0 Å². The molecule has 1 heterocycles. The number of aromatic nitrogens is 2. The van der Waals surface area contributed by atoms with Gasteiger partial charge in [-0.05, 0) is 59.9 Å². The molecule has 8 heteroatoms. The highest BCUT2D eigenvalue weighted by Gasteiger charge is 2.18. The highest BCUT2D eigenvalue weighted by molar-refractivity contribution is 7.89. The fourth-order valence-corrected chi connectivity index (χ4v) is 4.83. The Labute approximate surface area is 199 Å². The Hall–Kier alpha value is -3.49. The van der Waals surface area contributed by atoms with E-state index in [-0.39, 0.29) is 10.8 Å². The van der Waals surface area contributed by atoms with Crippen molar-refractivity contribution >= 4 is 26.8 Å². The minimum Gasteiger partial charge on any atom is -0.337 e. The van der Waals surface area contributed by atoms with Gasteiger partial charge in [0.15, 0.2) is 0 Å². The van der Waals surface area contributed by atoms with Crippen molar-refractivity contribution in [1.82, 2.24) is 15.1 Å². The molecule has 0 radical (unpaired) electrons. The number of aromatic amines is 1. The third-order valence-electron chi connectivity index (χ3n) is 6.12. The fraction of sp³-hybridized carbons (Fsp3) is 0.231. The number of rotatable bonds is 7. The summed E-state index contributed by atoms with van der Waals surface area (Å²) in [6.45, 7) is 4.78. The lowest BCUT2D eigenvalue weighted by Crippen LogP contribution is -2.27. The van der Waals surface area contributed by atoms with Gasteiger partial charge in [0.05, 0.1) is 16.1 Å². The van der Waals surface area contributed by atoms with Crippen molar-refractivity contribution in [2.24, 2.45) is 5.14 Å². The molecule has 3 aromatic carbocycles. The summed E-state index contributed by atoms with van der Waals surface area (Å²) in [7, 11) is -2.03. The van der Waals surface area contributed by atoms with Crippen LogP contribution in [0.5, 0.6) is 0 Å². The number of nitrogens with two attached hydrogens (primary N) is 1. The molecule has 1 amide bonds. The Kier molecular flexibility index (Phi) is 6.54. The summed E-state index contributed by atoms with van der Waals surface area (Å²) in [5.74, 6) is -0.0969. The molecule has 0 aliphatic carbocycles. The smallest absolute Gasteiger partial charge is 0.253 e. The Balaban J connectivity index is 1.68. The molecule has 0 aliphatic rings. The fourth-order valence-electron chi connectivity index (χ4n) is 4.27. The predicted octanol–water partition coefficient (Wildman–Crippen LogP) is 4.27. The summed E-state index contributed by atoms with van der Waals surface area (Å²) in [5, 5.41) is 13.3. The van der Waals surface area contributed by atoms with E-state index in [2.05, 4.69) is 42.2 Å². The van der Waals surface area contributed by atoms with E-state index in [0.29, 0.717) is 23.4 Å². The number of H-pyrrole nitrogens is 1. The van der Waals surface area contributed by atoms with Gasteiger partial charge in [0.1, 0.15) is 0 Å². The Morgan fingerprint density at radius 2 is 1.68 bits per heavy atom. The van der Waals surface area contributed by atoms with Crippen LogP contribution in [0.25, 0.3) is 22.2 Å². The first-order chi connectivity index (χ1) is 16.2. The average molecular weight is 477 g/mol. The highest BCUT2D eigenvalue weighted by atomic mass is 32.2. The lowest BCUT2D eigenvalue weighted by molar-refractivity contribution is 0.0784. The first-order valence-electron chi connectivity index (χ1n) is 11.2. The Bertz CT molecular complexity index is 1450. The number of benzene rings is 3. The van der Waals surface area contributed by atoms with E-state index < -0.39 is 10.0 Å². The van der Waals surface area contributed by atoms with Gasteiger partial charge >= 0.3 is 0 Å². The molecule has 3 N–H and O–H groups in total. The van der Waals surface area contributed by atoms with Gasteiger partial charge in [-0.25, -0.2) is 13.6 Å². The molecular formula is C26H28N4O3S. The van der Waals surface area contributed by atoms with Gasteiger partial charge < -0.3 is 4.90 Å². The summed E-state index contributed by atoms with van der Waals surface area (Å²) in [4.78, 5) is 15.1. The second-order valence-corrected chi connectivity index (χ2v) is 9.89. The Morgan fingerprint density at radius 1 is 1.00 bits per heavy atom. The first kappa shape index (κ1) is 23.7. The van der Waals surface area contributed by atoms with Crippen molar-refractivity contribution in [2.45, 2.75) is 38.1 Å². The van der Waals surface area contributed by atoms with Gasteiger partial charge in [0.25, 0.3) is 5.91 Å². The molecule has 0 aliphatic heterocycles. The molecule has 4 rings (SSSR count). The minimum atomic E-state index is -3.84. The van der Waals surface area contributed by atoms with E-state index in [4.69, 9.17) is 5.14 Å². The van der Waals surface area contributed by atoms with Gasteiger partial charge in [-0.3, -0.25) is 9.89 Å². The van der Waals surface area contributed by atoms with Crippen LogP contribution in [-0.2, 0) is 29.4 Å². The van der Waals surface area contributed by atoms with Crippen molar-refractivity contribution in [2.75, 3.05) is 7.05 Å². The summed E-state index contributed by atoms with van der Waals surface area (Å²) >= 11 is 0. The molecule has 34 heavy (non-hydrogen) atoms. The van der Waals surface area contributed by atoms with E-state index in [0.717, 1.165) is 23.7 Å². The molecule has 7 nitrogen and oxygen atoms in total. The van der Waals surface area contributed by atoms with Crippen LogP contribution >= 0.6 is 0 Å². The van der Waals surface area contributed by atoms with Crippen LogP contribution in [0.3, 0.4) is 0 Å². The second kappa shape index (κ2) is 9.40. The normalized spacial score (nSPS) is 11.6. The van der Waals surface area contributed by atoms with Crippen molar-refractivity contribution in [3.8, 4) is 11.3 Å². The summed E-state index contributed by atoms with van der Waals surface area (Å²) in [6.07, 6.45) is 1.82. The van der Waals surface area contributed by atoms with Gasteiger partial charge in [-0.15, -0.1) is 0 Å². The number of nitrogens with one attached hydrogen (secondary N) is 1. The Morgan fingerprint density at radius 3 is 2.32 bits per heavy atom. The summed E-state index contributed by atoms with van der Waals surface area (Å²) in [5.41, 5.74) is 6.14. The number of primary sulfonamides is 1. The highest BCUT2D eigenvalue weighted by Crippen LogP contribution is 2.29. The SMILES string of the molecule is CCc1cccc(CC)c1CN(C)C(=O)c1ccc2[nH]nc(-c3cccc(S(N)(=O)=O)c3)c2c1. The van der Waals surface area contributed by atoms with Crippen LogP contribution in [0, 0.1) is 0 Å². The van der Waals surface area contributed by atoms with E-state index >= 15 is 0 Å². The van der Waals surface area contributed by atoms with Crippen molar-refractivity contribution in [3.05, 3.63) is 82.9 Å². The van der Waals surface area contributed by atoms with Crippen LogP contribution in [0.4, 0.5) is 0 Å². The largest absolute Gasteiger partial charge is 0.337 e. The number of amides is 1. The van der Waals surface area contributed by atoms with E-state index in [1.165, 1.54) is 28.8 Å². The first-order valence-corrected chi connectivity index (χ1v) is 12.7. The average Bonchev–Trinajstić information content (AvgIpc) is 3.26. The zero-order valence-corrected chi connectivity index (χ0v) is 20.3. The third kappa shape index (κ3) is 4.60. The standard InChI is InChI=1S/C26H28N4O3S/c1-4-17-8-6-9-18(5-2)23(17)16-30(3)26(31)20-12-13-24-22(15-20)25(29-28-24)19-10-7-11-21(14-19)34(27,32)33/h6-15H,4-5,16H2,1-3H3,(H,28,29)(H2,27,32,33). The number of hydrogen-bond acceptors (Lipinski definition) is 4. The summed E-state index contributed by atoms with van der Waals surface area (Å²) in [6, 6.07) is 18.0. The zero-order chi connectivity index (χ0) is 24.5. The van der Waals surface area contributed by atoms with E-state index in [9.17, 15) is 13.2 Å².